The van der Waals surface area contributed by atoms with Gasteiger partial charge in [0.1, 0.15) is 0 Å². The molecule has 254 valence electrons. The number of nitrogens with zero attached hydrogens (tertiary/aromatic N) is 2. The van der Waals surface area contributed by atoms with Gasteiger partial charge in [-0.25, -0.2) is 9.97 Å². The number of hydrogen-bond donors (Lipinski definition) is 0. The summed E-state index contributed by atoms with van der Waals surface area (Å²) in [4.78, 5) is 8.38. The maximum absolute atomic E-state index is 5.75. The van der Waals surface area contributed by atoms with E-state index in [0.29, 0.717) is 0 Å². The van der Waals surface area contributed by atoms with E-state index in [-0.39, 0.29) is 0 Å². The molecule has 4 heteroatoms. The van der Waals surface area contributed by atoms with Gasteiger partial charge in [-0.3, -0.25) is 0 Å². The number of aromatic nitrogens is 2. The van der Waals surface area contributed by atoms with Crippen molar-refractivity contribution in [3.05, 3.63) is 195 Å². The molecule has 0 aliphatic rings. The van der Waals surface area contributed by atoms with Crippen LogP contribution in [-0.4, -0.2) is 9.97 Å². The molecule has 54 heavy (non-hydrogen) atoms. The fourth-order valence-electron chi connectivity index (χ4n) is 7.74. The summed E-state index contributed by atoms with van der Waals surface area (Å²) in [5.41, 5.74) is 13.5. The molecule has 10 aromatic rings. The molecule has 4 nitrogen and oxygen atoms in total. The number of rotatable bonds is 7. The zero-order chi connectivity index (χ0) is 35.8. The second kappa shape index (κ2) is 13.4. The van der Waals surface area contributed by atoms with Crippen molar-refractivity contribution >= 4 is 21.5 Å². The highest BCUT2D eigenvalue weighted by Gasteiger charge is 2.19. The molecule has 0 atom stereocenters. The Hall–Kier alpha value is -7.30. The third kappa shape index (κ3) is 5.67. The number of benzene rings is 8. The van der Waals surface area contributed by atoms with Crippen molar-refractivity contribution in [2.24, 2.45) is 0 Å². The molecule has 0 saturated carbocycles. The second-order valence-corrected chi connectivity index (χ2v) is 13.5. The van der Waals surface area contributed by atoms with Crippen molar-refractivity contribution < 1.29 is 8.83 Å². The van der Waals surface area contributed by atoms with Crippen LogP contribution in [0, 0.1) is 0 Å². The van der Waals surface area contributed by atoms with Crippen molar-refractivity contribution in [3.8, 4) is 78.3 Å². The Bertz CT molecular complexity index is 2860. The molecule has 0 N–H and O–H groups in total. The van der Waals surface area contributed by atoms with Crippen LogP contribution in [-0.2, 0) is 0 Å². The van der Waals surface area contributed by atoms with E-state index in [4.69, 9.17) is 8.83 Å². The van der Waals surface area contributed by atoms with E-state index < -0.39 is 0 Å². The molecule has 0 bridgehead atoms. The molecular weight excluding hydrogens is 661 g/mol. The highest BCUT2D eigenvalue weighted by atomic mass is 16.3. The van der Waals surface area contributed by atoms with Crippen LogP contribution in [0.5, 0.6) is 0 Å². The lowest BCUT2D eigenvalue weighted by atomic mass is 9.84. The number of fused-ring (bicyclic) bond motifs is 2. The Morgan fingerprint density at radius 1 is 0.278 bits per heavy atom. The van der Waals surface area contributed by atoms with Crippen molar-refractivity contribution in [2.45, 2.75) is 0 Å². The van der Waals surface area contributed by atoms with Gasteiger partial charge in [0.25, 0.3) is 0 Å². The predicted molar refractivity (Wildman–Crippen MR) is 220 cm³/mol. The van der Waals surface area contributed by atoms with E-state index in [9.17, 15) is 0 Å². The summed E-state index contributed by atoms with van der Waals surface area (Å²) in [5, 5.41) is 4.66. The van der Waals surface area contributed by atoms with Crippen LogP contribution in [0.1, 0.15) is 0 Å². The molecule has 10 rings (SSSR count). The Kier molecular flexibility index (Phi) is 7.77. The van der Waals surface area contributed by atoms with Gasteiger partial charge in [0.2, 0.25) is 0 Å². The summed E-state index contributed by atoms with van der Waals surface area (Å²) in [6, 6.07) is 61.0. The van der Waals surface area contributed by atoms with Crippen molar-refractivity contribution in [2.75, 3.05) is 0 Å². The lowest BCUT2D eigenvalue weighted by Gasteiger charge is -2.19. The lowest BCUT2D eigenvalue weighted by molar-refractivity contribution is 0.571. The molecule has 0 unspecified atom stereocenters. The van der Waals surface area contributed by atoms with Crippen LogP contribution in [0.4, 0.5) is 0 Å². The Morgan fingerprint density at radius 2 is 0.685 bits per heavy atom. The average molecular weight is 693 g/mol. The molecule has 0 amide bonds. The lowest BCUT2D eigenvalue weighted by Crippen LogP contribution is -1.93. The minimum Gasteiger partial charge on any atom is -0.444 e. The minimum absolute atomic E-state index is 0.734. The monoisotopic (exact) mass is 692 g/mol. The SMILES string of the molecule is c1ccc(-c2cc(-c3ccccc3)cc(-c3ccc4c(-c5cccc(-c6cnco6)c5)c5ccccc5c(-c5cccc(-c6cnco6)c5)c4c3)c2)cc1. The quantitative estimate of drug-likeness (QED) is 0.156. The van der Waals surface area contributed by atoms with Crippen molar-refractivity contribution in [3.63, 3.8) is 0 Å². The molecule has 0 aliphatic carbocycles. The summed E-state index contributed by atoms with van der Waals surface area (Å²) in [7, 11) is 0. The molecular formula is C50H32N2O2. The van der Waals surface area contributed by atoms with E-state index in [0.717, 1.165) is 55.7 Å². The maximum atomic E-state index is 5.75. The van der Waals surface area contributed by atoms with Gasteiger partial charge in [-0.1, -0.05) is 133 Å². The average Bonchev–Trinajstić information content (AvgIpc) is 4.00. The first-order valence-corrected chi connectivity index (χ1v) is 18.0. The molecule has 0 fully saturated rings. The summed E-state index contributed by atoms with van der Waals surface area (Å²) in [6.07, 6.45) is 6.49. The standard InChI is InChI=1S/C50H32N2O2/c1-3-11-33(12-4-1)40-25-41(34-13-5-2-6-14-34)27-42(26-40)35-21-22-45-46(28-35)50(39-18-10-16-37(24-39)48-30-52-32-54-48)44-20-8-7-19-43(44)49(45)38-17-9-15-36(23-38)47-29-51-31-53-47/h1-32H. The third-order valence-corrected chi connectivity index (χ3v) is 10.2. The van der Waals surface area contributed by atoms with Crippen molar-refractivity contribution in [1.82, 2.24) is 9.97 Å². The highest BCUT2D eigenvalue weighted by molar-refractivity contribution is 6.22. The first kappa shape index (κ1) is 31.4. The van der Waals surface area contributed by atoms with Gasteiger partial charge in [-0.2, -0.15) is 0 Å². The number of oxazole rings is 2. The summed E-state index contributed by atoms with van der Waals surface area (Å²) in [6.45, 7) is 0. The molecule has 2 aromatic heterocycles. The highest BCUT2D eigenvalue weighted by Crippen LogP contribution is 2.46. The molecule has 0 radical (unpaired) electrons. The van der Waals surface area contributed by atoms with Crippen LogP contribution >= 0.6 is 0 Å². The largest absolute Gasteiger partial charge is 0.444 e. The topological polar surface area (TPSA) is 52.1 Å². The van der Waals surface area contributed by atoms with Crippen molar-refractivity contribution in [1.29, 1.82) is 0 Å². The maximum Gasteiger partial charge on any atom is 0.181 e. The molecule has 0 aliphatic heterocycles. The van der Waals surface area contributed by atoms with E-state index in [1.54, 1.807) is 12.4 Å². The van der Waals surface area contributed by atoms with Gasteiger partial charge in [-0.15, -0.1) is 0 Å². The zero-order valence-electron chi connectivity index (χ0n) is 29.2. The van der Waals surface area contributed by atoms with E-state index >= 15 is 0 Å². The fraction of sp³-hybridized carbons (Fsp3) is 0. The minimum atomic E-state index is 0.734. The van der Waals surface area contributed by atoms with Crippen LogP contribution < -0.4 is 0 Å². The van der Waals surface area contributed by atoms with Gasteiger partial charge in [0.15, 0.2) is 24.3 Å². The predicted octanol–water partition coefficient (Wildman–Crippen LogP) is 13.6. The van der Waals surface area contributed by atoms with Crippen LogP contribution in [0.3, 0.4) is 0 Å². The first-order chi connectivity index (χ1) is 26.8. The van der Waals surface area contributed by atoms with Crippen LogP contribution in [0.25, 0.3) is 99.8 Å². The molecule has 0 saturated heterocycles. The van der Waals surface area contributed by atoms with Gasteiger partial charge in [0.05, 0.1) is 12.4 Å². The Balaban J connectivity index is 1.27. The van der Waals surface area contributed by atoms with Gasteiger partial charge in [0, 0.05) is 11.1 Å². The normalized spacial score (nSPS) is 11.3. The van der Waals surface area contributed by atoms with Gasteiger partial charge < -0.3 is 8.83 Å². The van der Waals surface area contributed by atoms with E-state index in [1.807, 2.05) is 0 Å². The Morgan fingerprint density at radius 3 is 1.19 bits per heavy atom. The third-order valence-electron chi connectivity index (χ3n) is 10.2. The fourth-order valence-corrected chi connectivity index (χ4v) is 7.74. The molecule has 2 heterocycles. The van der Waals surface area contributed by atoms with E-state index in [1.165, 1.54) is 56.9 Å². The zero-order valence-corrected chi connectivity index (χ0v) is 29.2. The van der Waals surface area contributed by atoms with Gasteiger partial charge >= 0.3 is 0 Å². The summed E-state index contributed by atoms with van der Waals surface area (Å²) >= 11 is 0. The second-order valence-electron chi connectivity index (χ2n) is 13.5. The first-order valence-electron chi connectivity index (χ1n) is 18.0. The molecule has 8 aromatic carbocycles. The molecule has 0 spiro atoms. The van der Waals surface area contributed by atoms with Crippen LogP contribution in [0.2, 0.25) is 0 Å². The van der Waals surface area contributed by atoms with Crippen LogP contribution in [0.15, 0.2) is 204 Å². The summed E-state index contributed by atoms with van der Waals surface area (Å²) in [5.74, 6) is 1.47. The summed E-state index contributed by atoms with van der Waals surface area (Å²) < 4.78 is 11.5. The van der Waals surface area contributed by atoms with E-state index in [2.05, 4.69) is 180 Å². The smallest absolute Gasteiger partial charge is 0.181 e. The Labute approximate surface area is 312 Å². The van der Waals surface area contributed by atoms with Gasteiger partial charge in [-0.05, 0) is 114 Å². The number of hydrogen-bond acceptors (Lipinski definition) is 4.